The first-order valence-corrected chi connectivity index (χ1v) is 9.54. The minimum atomic E-state index is -2.75. The number of hydrogen-bond donors (Lipinski definition) is 1. The normalized spacial score (nSPS) is 13.1. The monoisotopic (exact) mass is 417 g/mol. The van der Waals surface area contributed by atoms with E-state index in [1.165, 1.54) is 17.7 Å². The van der Waals surface area contributed by atoms with Crippen LogP contribution in [-0.4, -0.2) is 32.8 Å². The molecule has 2 heterocycles. The Kier molecular flexibility index (Phi) is 5.90. The maximum atomic E-state index is 13.2. The largest absolute Gasteiger partial charge is 0.469 e. The van der Waals surface area contributed by atoms with Gasteiger partial charge in [0.15, 0.2) is 5.65 Å². The zero-order valence-electron chi connectivity index (χ0n) is 17.6. The Bertz CT molecular complexity index is 1090. The Labute approximate surface area is 173 Å². The maximum Gasteiger partial charge on any atom is 0.312 e. The van der Waals surface area contributed by atoms with Gasteiger partial charge in [-0.1, -0.05) is 18.2 Å². The van der Waals surface area contributed by atoms with Gasteiger partial charge in [-0.25, -0.2) is 8.78 Å². The number of hydrogen-bond acceptors (Lipinski definition) is 5. The molecule has 160 valence electrons. The number of carbonyl (C=O) groups excluding carboxylic acids is 1. The molecular weight excluding hydrogens is 392 g/mol. The van der Waals surface area contributed by atoms with Crippen LogP contribution in [0.3, 0.4) is 0 Å². The summed E-state index contributed by atoms with van der Waals surface area (Å²) in [6, 6.07) is 7.37. The van der Waals surface area contributed by atoms with E-state index in [9.17, 15) is 18.7 Å². The number of esters is 1. The second kappa shape index (κ2) is 8.10. The molecule has 6 nitrogen and oxygen atoms in total. The van der Waals surface area contributed by atoms with Crippen molar-refractivity contribution in [3.05, 3.63) is 64.1 Å². The van der Waals surface area contributed by atoms with Gasteiger partial charge in [-0.15, -0.1) is 10.2 Å². The smallest absolute Gasteiger partial charge is 0.312 e. The molecule has 0 bridgehead atoms. The first-order chi connectivity index (χ1) is 14.1. The number of aryl methyl sites for hydroxylation is 2. The van der Waals surface area contributed by atoms with Gasteiger partial charge in [0.25, 0.3) is 6.43 Å². The molecule has 3 rings (SSSR count). The summed E-state index contributed by atoms with van der Waals surface area (Å²) in [7, 11) is 1.33. The number of rotatable bonds is 6. The summed E-state index contributed by atoms with van der Waals surface area (Å²) >= 11 is 0. The molecule has 0 saturated heterocycles. The molecular formula is C22H25F2N3O3. The van der Waals surface area contributed by atoms with Gasteiger partial charge in [0, 0.05) is 12.1 Å². The minimum Gasteiger partial charge on any atom is -0.469 e. The van der Waals surface area contributed by atoms with Crippen molar-refractivity contribution in [2.75, 3.05) is 7.11 Å². The molecule has 0 amide bonds. The van der Waals surface area contributed by atoms with Gasteiger partial charge < -0.3 is 9.84 Å². The number of methoxy groups -OCH3 is 1. The van der Waals surface area contributed by atoms with Crippen molar-refractivity contribution in [3.8, 4) is 0 Å². The number of carbonyl (C=O) groups is 1. The van der Waals surface area contributed by atoms with E-state index in [4.69, 9.17) is 4.74 Å². The van der Waals surface area contributed by atoms with Crippen LogP contribution in [-0.2, 0) is 16.1 Å². The van der Waals surface area contributed by atoms with E-state index in [0.717, 1.165) is 22.3 Å². The zero-order chi connectivity index (χ0) is 22.2. The fourth-order valence-corrected chi connectivity index (χ4v) is 3.98. The van der Waals surface area contributed by atoms with Crippen LogP contribution in [0.5, 0.6) is 0 Å². The number of aromatic nitrogens is 3. The number of ether oxygens (including phenoxy) is 1. The third kappa shape index (κ3) is 3.56. The van der Waals surface area contributed by atoms with Crippen LogP contribution >= 0.6 is 0 Å². The van der Waals surface area contributed by atoms with E-state index in [0.29, 0.717) is 11.2 Å². The Morgan fingerprint density at radius 2 is 1.93 bits per heavy atom. The van der Waals surface area contributed by atoms with Crippen LogP contribution in [0.15, 0.2) is 30.5 Å². The highest BCUT2D eigenvalue weighted by molar-refractivity contribution is 5.78. The van der Waals surface area contributed by atoms with E-state index >= 15 is 0 Å². The molecule has 1 atom stereocenters. The Morgan fingerprint density at radius 1 is 1.23 bits per heavy atom. The first kappa shape index (κ1) is 21.8. The molecule has 0 aliphatic carbocycles. The average Bonchev–Trinajstić information content (AvgIpc) is 3.15. The minimum absolute atomic E-state index is 0.134. The third-order valence-corrected chi connectivity index (χ3v) is 5.71. The number of fused-ring (bicyclic) bond motifs is 1. The van der Waals surface area contributed by atoms with Crippen molar-refractivity contribution in [2.45, 2.75) is 46.6 Å². The molecule has 0 aliphatic rings. The maximum absolute atomic E-state index is 13.2. The van der Waals surface area contributed by atoms with Crippen LogP contribution < -0.4 is 0 Å². The Balaban J connectivity index is 2.28. The van der Waals surface area contributed by atoms with Crippen LogP contribution in [0.1, 0.15) is 59.8 Å². The number of halogens is 2. The highest BCUT2D eigenvalue weighted by Crippen LogP contribution is 2.44. The van der Waals surface area contributed by atoms with Crippen molar-refractivity contribution in [2.24, 2.45) is 5.41 Å². The summed E-state index contributed by atoms with van der Waals surface area (Å²) in [6.07, 6.45) is -1.25. The molecule has 30 heavy (non-hydrogen) atoms. The quantitative estimate of drug-likeness (QED) is 0.611. The number of pyridine rings is 1. The van der Waals surface area contributed by atoms with Gasteiger partial charge in [0.2, 0.25) is 5.82 Å². The predicted molar refractivity (Wildman–Crippen MR) is 107 cm³/mol. The molecule has 0 saturated carbocycles. The molecule has 0 aliphatic heterocycles. The SMILES string of the molecule is COC(=O)C(C)(C)C(c1ccc(C)c(CO)c1)c1ccn2c(C(F)F)nnc2c1C. The second-order valence-electron chi connectivity index (χ2n) is 7.94. The second-order valence-corrected chi connectivity index (χ2v) is 7.94. The lowest BCUT2D eigenvalue weighted by Crippen LogP contribution is -2.34. The summed E-state index contributed by atoms with van der Waals surface area (Å²) in [5.74, 6) is -1.30. The highest BCUT2D eigenvalue weighted by atomic mass is 19.3. The number of aliphatic hydroxyl groups excluding tert-OH is 1. The van der Waals surface area contributed by atoms with E-state index in [2.05, 4.69) is 10.2 Å². The zero-order valence-corrected chi connectivity index (χ0v) is 17.6. The van der Waals surface area contributed by atoms with Crippen molar-refractivity contribution < 1.29 is 23.4 Å². The molecule has 0 radical (unpaired) electrons. The van der Waals surface area contributed by atoms with Crippen molar-refractivity contribution >= 4 is 11.6 Å². The summed E-state index contributed by atoms with van der Waals surface area (Å²) < 4.78 is 32.8. The fraction of sp³-hybridized carbons (Fsp3) is 0.409. The van der Waals surface area contributed by atoms with Gasteiger partial charge >= 0.3 is 5.97 Å². The van der Waals surface area contributed by atoms with E-state index < -0.39 is 29.6 Å². The topological polar surface area (TPSA) is 76.7 Å². The third-order valence-electron chi connectivity index (χ3n) is 5.71. The number of nitrogens with zero attached hydrogens (tertiary/aromatic N) is 3. The standard InChI is InChI=1S/C22H25F2N3O3/c1-12-6-7-14(10-15(12)11-28)17(22(3,4)21(29)30-5)16-8-9-27-19(13(16)2)25-26-20(27)18(23)24/h6-10,17-18,28H,11H2,1-5H3. The predicted octanol–water partition coefficient (Wildman–Crippen LogP) is 4.11. The first-order valence-electron chi connectivity index (χ1n) is 9.54. The summed E-state index contributed by atoms with van der Waals surface area (Å²) in [4.78, 5) is 12.7. The van der Waals surface area contributed by atoms with E-state index in [1.807, 2.05) is 25.1 Å². The average molecular weight is 417 g/mol. The van der Waals surface area contributed by atoms with Crippen molar-refractivity contribution in [1.29, 1.82) is 0 Å². The van der Waals surface area contributed by atoms with Gasteiger partial charge in [-0.3, -0.25) is 9.20 Å². The molecule has 2 aromatic heterocycles. The summed E-state index contributed by atoms with van der Waals surface area (Å²) in [6.45, 7) is 7.09. The van der Waals surface area contributed by atoms with Crippen LogP contribution in [0.4, 0.5) is 8.78 Å². The molecule has 3 aromatic rings. The Morgan fingerprint density at radius 3 is 2.53 bits per heavy atom. The van der Waals surface area contributed by atoms with Gasteiger partial charge in [-0.2, -0.15) is 0 Å². The number of aliphatic hydroxyl groups is 1. The van der Waals surface area contributed by atoms with Crippen molar-refractivity contribution in [3.63, 3.8) is 0 Å². The molecule has 1 N–H and O–H groups in total. The lowest BCUT2D eigenvalue weighted by Gasteiger charge is -2.34. The summed E-state index contributed by atoms with van der Waals surface area (Å²) in [5.41, 5.74) is 3.21. The summed E-state index contributed by atoms with van der Waals surface area (Å²) in [5, 5.41) is 17.3. The highest BCUT2D eigenvalue weighted by Gasteiger charge is 2.41. The number of alkyl halides is 2. The van der Waals surface area contributed by atoms with Crippen LogP contribution in [0.2, 0.25) is 0 Å². The molecule has 8 heteroatoms. The molecule has 1 aromatic carbocycles. The van der Waals surface area contributed by atoms with Gasteiger partial charge in [0.05, 0.1) is 19.1 Å². The van der Waals surface area contributed by atoms with Crippen molar-refractivity contribution in [1.82, 2.24) is 14.6 Å². The van der Waals surface area contributed by atoms with Gasteiger partial charge in [-0.05, 0) is 61.6 Å². The number of benzene rings is 1. The fourth-order valence-electron chi connectivity index (χ4n) is 3.98. The van der Waals surface area contributed by atoms with Gasteiger partial charge in [0.1, 0.15) is 0 Å². The van der Waals surface area contributed by atoms with Crippen LogP contribution in [0.25, 0.3) is 5.65 Å². The molecule has 0 spiro atoms. The van der Waals surface area contributed by atoms with E-state index in [-0.39, 0.29) is 6.61 Å². The van der Waals surface area contributed by atoms with Crippen LogP contribution in [0, 0.1) is 19.3 Å². The lowest BCUT2D eigenvalue weighted by atomic mass is 9.70. The Hall–Kier alpha value is -2.87. The molecule has 1 unspecified atom stereocenters. The molecule has 0 fully saturated rings. The lowest BCUT2D eigenvalue weighted by molar-refractivity contribution is -0.151. The van der Waals surface area contributed by atoms with E-state index in [1.54, 1.807) is 26.8 Å².